The van der Waals surface area contributed by atoms with Gasteiger partial charge in [-0.25, -0.2) is 9.18 Å². The van der Waals surface area contributed by atoms with Crippen LogP contribution in [0.4, 0.5) is 9.18 Å². The molecule has 24 heavy (non-hydrogen) atoms. The normalized spacial score (nSPS) is 26.9. The van der Waals surface area contributed by atoms with E-state index in [0.29, 0.717) is 19.5 Å². The van der Waals surface area contributed by atoms with Gasteiger partial charge in [-0.05, 0) is 38.0 Å². The standard InChI is InChI=1S/C17H22FN3O3/c1-17(2)15(23)21(16(24)19-17)7-6-20-10-13(22)9-14(20)11-4-3-5-12(18)8-11/h3-5,8,13-14,22H,6-7,9-10H2,1-2H3,(H,19,24)/t13-,14-/m1/s1. The molecule has 1 aromatic rings. The molecule has 0 bridgehead atoms. The topological polar surface area (TPSA) is 72.9 Å². The highest BCUT2D eigenvalue weighted by Crippen LogP contribution is 2.32. The second-order valence-electron chi connectivity index (χ2n) is 6.97. The first kappa shape index (κ1) is 16.9. The van der Waals surface area contributed by atoms with Crippen LogP contribution in [-0.4, -0.2) is 58.1 Å². The molecule has 2 saturated heterocycles. The first-order valence-corrected chi connectivity index (χ1v) is 8.09. The molecule has 0 unspecified atom stereocenters. The van der Waals surface area contributed by atoms with E-state index in [1.54, 1.807) is 19.9 Å². The van der Waals surface area contributed by atoms with Crippen molar-refractivity contribution in [3.8, 4) is 0 Å². The van der Waals surface area contributed by atoms with Gasteiger partial charge in [-0.2, -0.15) is 0 Å². The lowest BCUT2D eigenvalue weighted by Crippen LogP contribution is -2.42. The van der Waals surface area contributed by atoms with E-state index in [1.165, 1.54) is 17.0 Å². The number of benzene rings is 1. The van der Waals surface area contributed by atoms with Crippen molar-refractivity contribution in [1.82, 2.24) is 15.1 Å². The highest BCUT2D eigenvalue weighted by atomic mass is 19.1. The SMILES string of the molecule is CC1(C)NC(=O)N(CCN2C[C@H](O)C[C@@H]2c2cccc(F)c2)C1=O. The maximum absolute atomic E-state index is 13.5. The fourth-order valence-corrected chi connectivity index (χ4v) is 3.44. The minimum atomic E-state index is -0.885. The molecule has 2 aliphatic rings. The number of imide groups is 1. The third-order valence-corrected chi connectivity index (χ3v) is 4.67. The van der Waals surface area contributed by atoms with Crippen molar-refractivity contribution in [2.75, 3.05) is 19.6 Å². The summed E-state index contributed by atoms with van der Waals surface area (Å²) in [6, 6.07) is 5.81. The average molecular weight is 335 g/mol. The zero-order valence-electron chi connectivity index (χ0n) is 13.8. The molecule has 0 spiro atoms. The van der Waals surface area contributed by atoms with Crippen molar-refractivity contribution in [2.45, 2.75) is 38.0 Å². The van der Waals surface area contributed by atoms with Crippen molar-refractivity contribution in [3.63, 3.8) is 0 Å². The molecule has 2 aliphatic heterocycles. The number of hydrogen-bond acceptors (Lipinski definition) is 4. The number of aliphatic hydroxyl groups excluding tert-OH is 1. The highest BCUT2D eigenvalue weighted by Gasteiger charge is 2.44. The van der Waals surface area contributed by atoms with Gasteiger partial charge in [0.25, 0.3) is 5.91 Å². The Labute approximate surface area is 140 Å². The Kier molecular flexibility index (Phi) is 4.31. The third kappa shape index (κ3) is 3.14. The Morgan fingerprint density at radius 1 is 1.33 bits per heavy atom. The summed E-state index contributed by atoms with van der Waals surface area (Å²) in [4.78, 5) is 27.4. The lowest BCUT2D eigenvalue weighted by molar-refractivity contribution is -0.130. The fraction of sp³-hybridized carbons (Fsp3) is 0.529. The van der Waals surface area contributed by atoms with Crippen molar-refractivity contribution in [2.24, 2.45) is 0 Å². The Bertz CT molecular complexity index is 664. The summed E-state index contributed by atoms with van der Waals surface area (Å²) >= 11 is 0. The Morgan fingerprint density at radius 2 is 2.08 bits per heavy atom. The minimum Gasteiger partial charge on any atom is -0.392 e. The monoisotopic (exact) mass is 335 g/mol. The summed E-state index contributed by atoms with van der Waals surface area (Å²) in [6.07, 6.45) is 0.00699. The van der Waals surface area contributed by atoms with E-state index in [1.807, 2.05) is 11.0 Å². The number of nitrogens with zero attached hydrogens (tertiary/aromatic N) is 2. The second-order valence-corrected chi connectivity index (χ2v) is 6.97. The largest absolute Gasteiger partial charge is 0.392 e. The Morgan fingerprint density at radius 3 is 2.71 bits per heavy atom. The number of rotatable bonds is 4. The smallest absolute Gasteiger partial charge is 0.325 e. The zero-order chi connectivity index (χ0) is 17.5. The number of nitrogens with one attached hydrogen (secondary N) is 1. The van der Waals surface area contributed by atoms with Gasteiger partial charge in [-0.3, -0.25) is 14.6 Å². The van der Waals surface area contributed by atoms with Crippen molar-refractivity contribution in [1.29, 1.82) is 0 Å². The molecule has 0 radical (unpaired) electrons. The van der Waals surface area contributed by atoms with E-state index in [0.717, 1.165) is 5.56 Å². The predicted molar refractivity (Wildman–Crippen MR) is 85.7 cm³/mol. The van der Waals surface area contributed by atoms with E-state index in [-0.39, 0.29) is 24.3 Å². The van der Waals surface area contributed by atoms with Crippen LogP contribution in [0, 0.1) is 5.82 Å². The van der Waals surface area contributed by atoms with Gasteiger partial charge in [0, 0.05) is 25.7 Å². The average Bonchev–Trinajstić information content (AvgIpc) is 2.95. The molecular weight excluding hydrogens is 313 g/mol. The van der Waals surface area contributed by atoms with E-state index < -0.39 is 17.7 Å². The number of carbonyl (C=O) groups is 2. The van der Waals surface area contributed by atoms with E-state index in [2.05, 4.69) is 5.32 Å². The highest BCUT2D eigenvalue weighted by molar-refractivity contribution is 6.06. The second kappa shape index (κ2) is 6.14. The maximum atomic E-state index is 13.5. The number of urea groups is 1. The van der Waals surface area contributed by atoms with Crippen LogP contribution < -0.4 is 5.32 Å². The number of carbonyl (C=O) groups excluding carboxylic acids is 2. The molecule has 2 N–H and O–H groups in total. The lowest BCUT2D eigenvalue weighted by atomic mass is 10.0. The van der Waals surface area contributed by atoms with Crippen molar-refractivity contribution >= 4 is 11.9 Å². The zero-order valence-corrected chi connectivity index (χ0v) is 13.8. The molecule has 1 aromatic carbocycles. The summed E-state index contributed by atoms with van der Waals surface area (Å²) in [5.74, 6) is -0.570. The molecule has 0 aliphatic carbocycles. The van der Waals surface area contributed by atoms with Crippen LogP contribution in [0.2, 0.25) is 0 Å². The fourth-order valence-electron chi connectivity index (χ4n) is 3.44. The summed E-state index contributed by atoms with van der Waals surface area (Å²) in [6.45, 7) is 4.46. The molecular formula is C17H22FN3O3. The van der Waals surface area contributed by atoms with Crippen LogP contribution in [0.1, 0.15) is 31.9 Å². The number of β-amino-alcohol motifs (C(OH)–C–C–N with tert-alkyl or cyclic N) is 1. The molecule has 2 atom stereocenters. The summed E-state index contributed by atoms with van der Waals surface area (Å²) in [5.41, 5.74) is -0.0899. The van der Waals surface area contributed by atoms with Crippen LogP contribution in [0.15, 0.2) is 24.3 Å². The van der Waals surface area contributed by atoms with Crippen LogP contribution in [0.3, 0.4) is 0 Å². The lowest BCUT2D eigenvalue weighted by Gasteiger charge is -2.26. The first-order chi connectivity index (χ1) is 11.3. The summed E-state index contributed by atoms with van der Waals surface area (Å²) < 4.78 is 13.5. The van der Waals surface area contributed by atoms with Gasteiger partial charge in [0.2, 0.25) is 0 Å². The van der Waals surface area contributed by atoms with Crippen molar-refractivity contribution in [3.05, 3.63) is 35.6 Å². The number of hydrogen-bond donors (Lipinski definition) is 2. The molecule has 130 valence electrons. The van der Waals surface area contributed by atoms with Crippen LogP contribution in [-0.2, 0) is 4.79 Å². The van der Waals surface area contributed by atoms with Crippen molar-refractivity contribution < 1.29 is 19.1 Å². The minimum absolute atomic E-state index is 0.121. The summed E-state index contributed by atoms with van der Waals surface area (Å²) in [7, 11) is 0. The van der Waals surface area contributed by atoms with E-state index in [9.17, 15) is 19.1 Å². The molecule has 0 saturated carbocycles. The first-order valence-electron chi connectivity index (χ1n) is 8.09. The molecule has 0 aromatic heterocycles. The summed E-state index contributed by atoms with van der Waals surface area (Å²) in [5, 5.41) is 12.6. The molecule has 2 heterocycles. The maximum Gasteiger partial charge on any atom is 0.325 e. The Balaban J connectivity index is 1.70. The molecule has 3 rings (SSSR count). The Hall–Kier alpha value is -1.99. The third-order valence-electron chi connectivity index (χ3n) is 4.67. The van der Waals surface area contributed by atoms with Gasteiger partial charge in [0.1, 0.15) is 11.4 Å². The van der Waals surface area contributed by atoms with E-state index in [4.69, 9.17) is 0 Å². The molecule has 7 heteroatoms. The van der Waals surface area contributed by atoms with Gasteiger partial charge >= 0.3 is 6.03 Å². The van der Waals surface area contributed by atoms with Gasteiger partial charge in [0.05, 0.1) is 6.10 Å². The molecule has 2 fully saturated rings. The van der Waals surface area contributed by atoms with Crippen LogP contribution in [0.5, 0.6) is 0 Å². The van der Waals surface area contributed by atoms with Gasteiger partial charge in [-0.1, -0.05) is 12.1 Å². The molecule has 6 nitrogen and oxygen atoms in total. The quantitative estimate of drug-likeness (QED) is 0.813. The molecule has 3 amide bonds. The predicted octanol–water partition coefficient (Wildman–Crippen LogP) is 1.26. The number of likely N-dealkylation sites (tertiary alicyclic amines) is 1. The number of amides is 3. The van der Waals surface area contributed by atoms with Gasteiger partial charge in [-0.15, -0.1) is 0 Å². The van der Waals surface area contributed by atoms with E-state index >= 15 is 0 Å². The number of aliphatic hydroxyl groups is 1. The van der Waals surface area contributed by atoms with Gasteiger partial charge < -0.3 is 10.4 Å². The number of halogens is 1. The van der Waals surface area contributed by atoms with Gasteiger partial charge in [0.15, 0.2) is 0 Å². The van der Waals surface area contributed by atoms with Crippen LogP contribution in [0.25, 0.3) is 0 Å². The van der Waals surface area contributed by atoms with Crippen LogP contribution >= 0.6 is 0 Å².